The van der Waals surface area contributed by atoms with E-state index in [1.54, 1.807) is 18.9 Å². The van der Waals surface area contributed by atoms with Crippen LogP contribution >= 0.6 is 0 Å². The molecule has 0 saturated heterocycles. The molecule has 0 spiro atoms. The van der Waals surface area contributed by atoms with Crippen molar-refractivity contribution in [3.05, 3.63) is 17.5 Å². The van der Waals surface area contributed by atoms with Crippen LogP contribution in [0.5, 0.6) is 0 Å². The molecule has 78 valence electrons. The minimum Gasteiger partial charge on any atom is -0.364 e. The predicted molar refractivity (Wildman–Crippen MR) is 53.1 cm³/mol. The van der Waals surface area contributed by atoms with Gasteiger partial charge in [-0.25, -0.2) is 0 Å². The molecule has 0 bridgehead atoms. The Hall–Kier alpha value is -1.32. The second-order valence-corrected chi connectivity index (χ2v) is 3.39. The SMILES string of the molecule is CCCCN(C)C(=O)c1conc1C. The molecule has 1 amide bonds. The highest BCUT2D eigenvalue weighted by molar-refractivity contribution is 5.94. The molecule has 1 aromatic heterocycles. The van der Waals surface area contributed by atoms with Crippen LogP contribution in [0.4, 0.5) is 0 Å². The van der Waals surface area contributed by atoms with Gasteiger partial charge in [-0.1, -0.05) is 18.5 Å². The van der Waals surface area contributed by atoms with Crippen LogP contribution in [-0.2, 0) is 0 Å². The lowest BCUT2D eigenvalue weighted by Crippen LogP contribution is -2.27. The van der Waals surface area contributed by atoms with Crippen LogP contribution in [0.15, 0.2) is 10.8 Å². The van der Waals surface area contributed by atoms with Gasteiger partial charge in [0.05, 0.1) is 5.69 Å². The smallest absolute Gasteiger partial charge is 0.258 e. The summed E-state index contributed by atoms with van der Waals surface area (Å²) in [5.41, 5.74) is 1.21. The van der Waals surface area contributed by atoms with E-state index in [0.29, 0.717) is 11.3 Å². The largest absolute Gasteiger partial charge is 0.364 e. The van der Waals surface area contributed by atoms with Crippen LogP contribution in [0.2, 0.25) is 0 Å². The lowest BCUT2D eigenvalue weighted by Gasteiger charge is -2.15. The number of carbonyl (C=O) groups excluding carboxylic acids is 1. The van der Waals surface area contributed by atoms with Gasteiger partial charge in [0.1, 0.15) is 11.8 Å². The molecule has 0 aromatic carbocycles. The first-order valence-electron chi connectivity index (χ1n) is 4.83. The molecule has 0 fully saturated rings. The molecule has 0 aliphatic heterocycles. The number of nitrogens with zero attached hydrogens (tertiary/aromatic N) is 2. The maximum Gasteiger partial charge on any atom is 0.258 e. The van der Waals surface area contributed by atoms with Crippen molar-refractivity contribution in [1.82, 2.24) is 10.1 Å². The molecule has 0 atom stereocenters. The van der Waals surface area contributed by atoms with Crippen molar-refractivity contribution in [1.29, 1.82) is 0 Å². The first-order valence-corrected chi connectivity index (χ1v) is 4.83. The predicted octanol–water partition coefficient (Wildman–Crippen LogP) is 1.86. The number of hydrogen-bond acceptors (Lipinski definition) is 3. The van der Waals surface area contributed by atoms with E-state index in [9.17, 15) is 4.79 Å². The molecule has 14 heavy (non-hydrogen) atoms. The van der Waals surface area contributed by atoms with Gasteiger partial charge in [-0.05, 0) is 13.3 Å². The zero-order chi connectivity index (χ0) is 10.6. The third-order valence-corrected chi connectivity index (χ3v) is 2.17. The fraction of sp³-hybridized carbons (Fsp3) is 0.600. The van der Waals surface area contributed by atoms with E-state index in [4.69, 9.17) is 4.52 Å². The number of unbranched alkanes of at least 4 members (excludes halogenated alkanes) is 1. The van der Waals surface area contributed by atoms with E-state index in [-0.39, 0.29) is 5.91 Å². The summed E-state index contributed by atoms with van der Waals surface area (Å²) in [6.07, 6.45) is 3.51. The Balaban J connectivity index is 2.61. The molecular weight excluding hydrogens is 180 g/mol. The minimum absolute atomic E-state index is 0.0165. The highest BCUT2D eigenvalue weighted by Crippen LogP contribution is 2.08. The Morgan fingerprint density at radius 1 is 1.64 bits per heavy atom. The molecular formula is C10H16N2O2. The minimum atomic E-state index is -0.0165. The molecule has 1 aromatic rings. The topological polar surface area (TPSA) is 46.3 Å². The van der Waals surface area contributed by atoms with Crippen molar-refractivity contribution in [2.75, 3.05) is 13.6 Å². The van der Waals surface area contributed by atoms with Gasteiger partial charge in [0, 0.05) is 13.6 Å². The van der Waals surface area contributed by atoms with Crippen LogP contribution < -0.4 is 0 Å². The summed E-state index contributed by atoms with van der Waals surface area (Å²) in [7, 11) is 1.80. The van der Waals surface area contributed by atoms with E-state index >= 15 is 0 Å². The summed E-state index contributed by atoms with van der Waals surface area (Å²) in [5, 5.41) is 3.68. The molecule has 1 heterocycles. The summed E-state index contributed by atoms with van der Waals surface area (Å²) >= 11 is 0. The third-order valence-electron chi connectivity index (χ3n) is 2.17. The summed E-state index contributed by atoms with van der Waals surface area (Å²) in [6.45, 7) is 4.65. The fourth-order valence-electron chi connectivity index (χ4n) is 1.20. The Morgan fingerprint density at radius 3 is 2.86 bits per heavy atom. The van der Waals surface area contributed by atoms with Gasteiger partial charge in [-0.15, -0.1) is 0 Å². The van der Waals surface area contributed by atoms with Crippen molar-refractivity contribution in [2.24, 2.45) is 0 Å². The van der Waals surface area contributed by atoms with Crippen LogP contribution in [0, 0.1) is 6.92 Å². The van der Waals surface area contributed by atoms with Crippen LogP contribution in [-0.4, -0.2) is 29.6 Å². The lowest BCUT2D eigenvalue weighted by molar-refractivity contribution is 0.0792. The summed E-state index contributed by atoms with van der Waals surface area (Å²) in [5.74, 6) is -0.0165. The van der Waals surface area contributed by atoms with Crippen LogP contribution in [0.3, 0.4) is 0 Å². The zero-order valence-electron chi connectivity index (χ0n) is 8.91. The second-order valence-electron chi connectivity index (χ2n) is 3.39. The fourth-order valence-corrected chi connectivity index (χ4v) is 1.20. The monoisotopic (exact) mass is 196 g/mol. The van der Waals surface area contributed by atoms with E-state index < -0.39 is 0 Å². The van der Waals surface area contributed by atoms with Crippen molar-refractivity contribution in [3.8, 4) is 0 Å². The highest BCUT2D eigenvalue weighted by Gasteiger charge is 2.16. The first kappa shape index (κ1) is 10.8. The quantitative estimate of drug-likeness (QED) is 0.738. The molecule has 1 rings (SSSR count). The van der Waals surface area contributed by atoms with Gasteiger partial charge < -0.3 is 9.42 Å². The average Bonchev–Trinajstić information content (AvgIpc) is 2.59. The number of amides is 1. The lowest BCUT2D eigenvalue weighted by atomic mass is 10.2. The first-order chi connectivity index (χ1) is 6.66. The molecule has 4 heteroatoms. The van der Waals surface area contributed by atoms with Crippen molar-refractivity contribution >= 4 is 5.91 Å². The molecule has 4 nitrogen and oxygen atoms in total. The Morgan fingerprint density at radius 2 is 2.36 bits per heavy atom. The number of aryl methyl sites for hydroxylation is 1. The molecule has 0 aliphatic carbocycles. The average molecular weight is 196 g/mol. The maximum atomic E-state index is 11.8. The molecule has 0 unspecified atom stereocenters. The van der Waals surface area contributed by atoms with Crippen molar-refractivity contribution in [3.63, 3.8) is 0 Å². The van der Waals surface area contributed by atoms with Crippen molar-refractivity contribution < 1.29 is 9.32 Å². The van der Waals surface area contributed by atoms with Gasteiger partial charge in [-0.3, -0.25) is 4.79 Å². The standard InChI is InChI=1S/C10H16N2O2/c1-4-5-6-12(3)10(13)9-7-14-11-8(9)2/h7H,4-6H2,1-3H3. The highest BCUT2D eigenvalue weighted by atomic mass is 16.5. The van der Waals surface area contributed by atoms with Gasteiger partial charge in [0.15, 0.2) is 0 Å². The number of hydrogen-bond donors (Lipinski definition) is 0. The number of aromatic nitrogens is 1. The van der Waals surface area contributed by atoms with Gasteiger partial charge in [0.2, 0.25) is 0 Å². The van der Waals surface area contributed by atoms with E-state index in [1.165, 1.54) is 6.26 Å². The van der Waals surface area contributed by atoms with E-state index in [0.717, 1.165) is 19.4 Å². The Labute approximate surface area is 83.9 Å². The molecule has 0 saturated carbocycles. The summed E-state index contributed by atoms with van der Waals surface area (Å²) < 4.78 is 4.72. The van der Waals surface area contributed by atoms with Gasteiger partial charge in [-0.2, -0.15) is 0 Å². The Bertz CT molecular complexity index is 307. The molecule has 0 radical (unpaired) electrons. The molecule has 0 aliphatic rings. The third kappa shape index (κ3) is 2.34. The zero-order valence-corrected chi connectivity index (χ0v) is 8.91. The number of carbonyl (C=O) groups is 1. The van der Waals surface area contributed by atoms with Crippen molar-refractivity contribution in [2.45, 2.75) is 26.7 Å². The van der Waals surface area contributed by atoms with E-state index in [2.05, 4.69) is 12.1 Å². The van der Waals surface area contributed by atoms with Crippen LogP contribution in [0.25, 0.3) is 0 Å². The normalized spacial score (nSPS) is 10.2. The van der Waals surface area contributed by atoms with Gasteiger partial charge in [0.25, 0.3) is 5.91 Å². The second kappa shape index (κ2) is 4.79. The summed E-state index contributed by atoms with van der Waals surface area (Å²) in [6, 6.07) is 0. The van der Waals surface area contributed by atoms with Crippen LogP contribution in [0.1, 0.15) is 35.8 Å². The molecule has 0 N–H and O–H groups in total. The Kier molecular flexibility index (Phi) is 3.68. The summed E-state index contributed by atoms with van der Waals surface area (Å²) in [4.78, 5) is 13.5. The van der Waals surface area contributed by atoms with E-state index in [1.807, 2.05) is 0 Å². The number of rotatable bonds is 4. The maximum absolute atomic E-state index is 11.8. The van der Waals surface area contributed by atoms with Gasteiger partial charge >= 0.3 is 0 Å².